The van der Waals surface area contributed by atoms with Crippen molar-refractivity contribution in [3.05, 3.63) is 0 Å². The van der Waals surface area contributed by atoms with Crippen molar-refractivity contribution in [3.8, 4) is 0 Å². The summed E-state index contributed by atoms with van der Waals surface area (Å²) >= 11 is 0. The third kappa shape index (κ3) is 14.8. The van der Waals surface area contributed by atoms with Crippen molar-refractivity contribution in [2.24, 2.45) is 0 Å². The first-order chi connectivity index (χ1) is 10.7. The second-order valence-corrected chi connectivity index (χ2v) is 6.99. The van der Waals surface area contributed by atoms with Crippen molar-refractivity contribution < 1.29 is 5.21 Å². The monoisotopic (exact) mass is 313 g/mol. The van der Waals surface area contributed by atoms with Gasteiger partial charge in [-0.15, -0.1) is 0 Å². The van der Waals surface area contributed by atoms with E-state index in [1.54, 1.807) is 0 Å². The third-order valence-corrected chi connectivity index (χ3v) is 4.81. The smallest absolute Gasteiger partial charge is 0.0321 e. The molecular weight excluding hydrogens is 270 g/mol. The van der Waals surface area contributed by atoms with Crippen molar-refractivity contribution in [3.63, 3.8) is 0 Å². The summed E-state index contributed by atoms with van der Waals surface area (Å²) in [6.07, 6.45) is 20.8. The minimum absolute atomic E-state index is 0.322. The van der Waals surface area contributed by atoms with E-state index in [2.05, 4.69) is 13.8 Å². The van der Waals surface area contributed by atoms with Gasteiger partial charge in [0.1, 0.15) is 0 Å². The van der Waals surface area contributed by atoms with Gasteiger partial charge in [0.2, 0.25) is 0 Å². The van der Waals surface area contributed by atoms with Crippen LogP contribution in [-0.4, -0.2) is 22.9 Å². The molecule has 0 saturated carbocycles. The summed E-state index contributed by atoms with van der Waals surface area (Å²) in [6.45, 7) is 7.14. The summed E-state index contributed by atoms with van der Waals surface area (Å²) in [6, 6.07) is 0.322. The maximum Gasteiger partial charge on any atom is 0.0321 e. The first kappa shape index (κ1) is 21.9. The highest BCUT2D eigenvalue weighted by Gasteiger charge is 2.07. The molecule has 1 unspecified atom stereocenters. The molecule has 0 aliphatic rings. The molecule has 0 heterocycles. The van der Waals surface area contributed by atoms with Crippen LogP contribution in [0.3, 0.4) is 0 Å². The molecule has 1 atom stereocenters. The summed E-state index contributed by atoms with van der Waals surface area (Å²) in [5.74, 6) is 0. The van der Waals surface area contributed by atoms with Gasteiger partial charge < -0.3 is 5.21 Å². The van der Waals surface area contributed by atoms with Crippen LogP contribution in [0, 0.1) is 0 Å². The van der Waals surface area contributed by atoms with E-state index in [-0.39, 0.29) is 0 Å². The van der Waals surface area contributed by atoms with Crippen molar-refractivity contribution in [2.45, 2.75) is 123 Å². The molecule has 0 rings (SSSR count). The van der Waals surface area contributed by atoms with Crippen LogP contribution in [-0.2, 0) is 0 Å². The van der Waals surface area contributed by atoms with Crippen LogP contribution in [0.5, 0.6) is 0 Å². The van der Waals surface area contributed by atoms with Gasteiger partial charge >= 0.3 is 0 Å². The van der Waals surface area contributed by atoms with Crippen molar-refractivity contribution >= 4 is 0 Å². The van der Waals surface area contributed by atoms with Crippen LogP contribution in [0.15, 0.2) is 0 Å². The van der Waals surface area contributed by atoms with E-state index >= 15 is 0 Å². The van der Waals surface area contributed by atoms with Gasteiger partial charge in [-0.3, -0.25) is 0 Å². The minimum atomic E-state index is 0.322. The molecule has 0 amide bonds. The fraction of sp³-hybridized carbons (Fsp3) is 1.00. The highest BCUT2D eigenvalue weighted by molar-refractivity contribution is 4.58. The maximum absolute atomic E-state index is 9.56. The summed E-state index contributed by atoms with van der Waals surface area (Å²) in [4.78, 5) is 0. The van der Waals surface area contributed by atoms with E-state index in [0.29, 0.717) is 6.04 Å². The van der Waals surface area contributed by atoms with Gasteiger partial charge in [0.05, 0.1) is 0 Å². The van der Waals surface area contributed by atoms with Gasteiger partial charge in [0, 0.05) is 12.6 Å². The Kier molecular flexibility index (Phi) is 17.2. The zero-order valence-corrected chi connectivity index (χ0v) is 15.8. The van der Waals surface area contributed by atoms with E-state index in [4.69, 9.17) is 0 Å². The van der Waals surface area contributed by atoms with Crippen LogP contribution in [0.4, 0.5) is 0 Å². The van der Waals surface area contributed by atoms with Crippen LogP contribution >= 0.6 is 0 Å². The minimum Gasteiger partial charge on any atom is -0.314 e. The van der Waals surface area contributed by atoms with Gasteiger partial charge in [-0.05, 0) is 13.3 Å². The van der Waals surface area contributed by atoms with Gasteiger partial charge in [-0.2, -0.15) is 5.06 Å². The lowest BCUT2D eigenvalue weighted by Crippen LogP contribution is -2.29. The fourth-order valence-corrected chi connectivity index (χ4v) is 3.09. The van der Waals surface area contributed by atoms with E-state index in [1.807, 2.05) is 6.92 Å². The van der Waals surface area contributed by atoms with Crippen LogP contribution in [0.25, 0.3) is 0 Å². The first-order valence-corrected chi connectivity index (χ1v) is 10.2. The lowest BCUT2D eigenvalue weighted by Gasteiger charge is -2.20. The molecular formula is C20H43NO. The van der Waals surface area contributed by atoms with Gasteiger partial charge in [0.25, 0.3) is 0 Å². The highest BCUT2D eigenvalue weighted by atomic mass is 16.5. The zero-order chi connectivity index (χ0) is 16.5. The predicted molar refractivity (Wildman–Crippen MR) is 98.6 cm³/mol. The molecule has 0 bridgehead atoms. The van der Waals surface area contributed by atoms with E-state index in [1.165, 1.54) is 95.0 Å². The Balaban J connectivity index is 3.08. The Bertz CT molecular complexity index is 208. The molecule has 0 spiro atoms. The molecule has 134 valence electrons. The summed E-state index contributed by atoms with van der Waals surface area (Å²) in [5.41, 5.74) is 0. The topological polar surface area (TPSA) is 23.5 Å². The average Bonchev–Trinajstić information content (AvgIpc) is 2.54. The van der Waals surface area contributed by atoms with E-state index in [9.17, 15) is 5.21 Å². The highest BCUT2D eigenvalue weighted by Crippen LogP contribution is 2.14. The number of rotatable bonds is 17. The Morgan fingerprint density at radius 1 is 0.636 bits per heavy atom. The number of hydroxylamine groups is 2. The summed E-state index contributed by atoms with van der Waals surface area (Å²) in [7, 11) is 0. The van der Waals surface area contributed by atoms with Gasteiger partial charge in [-0.25, -0.2) is 0 Å². The Morgan fingerprint density at radius 3 is 1.36 bits per heavy atom. The molecule has 0 aromatic rings. The molecule has 0 aromatic carbocycles. The number of hydrogen-bond donors (Lipinski definition) is 1. The van der Waals surface area contributed by atoms with E-state index < -0.39 is 0 Å². The average molecular weight is 314 g/mol. The standard InChI is InChI=1S/C20H43NO/c1-4-6-7-8-9-10-11-12-13-14-15-16-17-18-19-20(3)21(22)5-2/h20,22H,4-19H2,1-3H3. The zero-order valence-electron chi connectivity index (χ0n) is 15.8. The second kappa shape index (κ2) is 17.3. The Labute approximate surface area is 140 Å². The Hall–Kier alpha value is -0.0800. The van der Waals surface area contributed by atoms with Gasteiger partial charge in [0.15, 0.2) is 0 Å². The van der Waals surface area contributed by atoms with Crippen molar-refractivity contribution in [1.29, 1.82) is 0 Å². The first-order valence-electron chi connectivity index (χ1n) is 10.2. The maximum atomic E-state index is 9.56. The van der Waals surface area contributed by atoms with Crippen molar-refractivity contribution in [2.75, 3.05) is 6.54 Å². The normalized spacial score (nSPS) is 13.0. The molecule has 22 heavy (non-hydrogen) atoms. The molecule has 2 heteroatoms. The molecule has 0 aliphatic carbocycles. The van der Waals surface area contributed by atoms with Crippen molar-refractivity contribution in [1.82, 2.24) is 5.06 Å². The lowest BCUT2D eigenvalue weighted by molar-refractivity contribution is -0.119. The van der Waals surface area contributed by atoms with Crippen LogP contribution in [0.2, 0.25) is 0 Å². The summed E-state index contributed by atoms with van der Waals surface area (Å²) in [5, 5.41) is 11.0. The molecule has 1 N–H and O–H groups in total. The molecule has 0 aliphatic heterocycles. The Morgan fingerprint density at radius 2 is 1.00 bits per heavy atom. The van der Waals surface area contributed by atoms with Crippen LogP contribution in [0.1, 0.15) is 117 Å². The number of nitrogens with zero attached hydrogens (tertiary/aromatic N) is 1. The molecule has 0 fully saturated rings. The molecule has 0 aromatic heterocycles. The third-order valence-electron chi connectivity index (χ3n) is 4.81. The lowest BCUT2D eigenvalue weighted by atomic mass is 10.0. The molecule has 2 nitrogen and oxygen atoms in total. The SMILES string of the molecule is CCCCCCCCCCCCCCCCC(C)N(O)CC. The summed E-state index contributed by atoms with van der Waals surface area (Å²) < 4.78 is 0. The second-order valence-electron chi connectivity index (χ2n) is 6.99. The van der Waals surface area contributed by atoms with E-state index in [0.717, 1.165) is 13.0 Å². The number of hydrogen-bond acceptors (Lipinski definition) is 2. The fourth-order valence-electron chi connectivity index (χ4n) is 3.09. The number of unbranched alkanes of at least 4 members (excludes halogenated alkanes) is 13. The molecule has 0 saturated heterocycles. The largest absolute Gasteiger partial charge is 0.314 e. The van der Waals surface area contributed by atoms with Gasteiger partial charge in [-0.1, -0.05) is 104 Å². The molecule has 0 radical (unpaired) electrons. The predicted octanol–water partition coefficient (Wildman–Crippen LogP) is 6.96. The van der Waals surface area contributed by atoms with Crippen LogP contribution < -0.4 is 0 Å². The quantitative estimate of drug-likeness (QED) is 0.232.